The summed E-state index contributed by atoms with van der Waals surface area (Å²) in [4.78, 5) is 0. The van der Waals surface area contributed by atoms with Crippen LogP contribution in [0.5, 0.6) is 0 Å². The van der Waals surface area contributed by atoms with Gasteiger partial charge in [0, 0.05) is 6.61 Å². The Hall–Kier alpha value is -0.0800. The maximum absolute atomic E-state index is 10.9. The first-order chi connectivity index (χ1) is 9.14. The van der Waals surface area contributed by atoms with E-state index in [2.05, 4.69) is 6.92 Å². The van der Waals surface area contributed by atoms with E-state index < -0.39 is 0 Å². The molecule has 2 aliphatic carbocycles. The third kappa shape index (κ3) is 2.71. The minimum Gasteiger partial charge on any atom is -0.392 e. The van der Waals surface area contributed by atoms with E-state index >= 15 is 0 Å². The highest BCUT2D eigenvalue weighted by Gasteiger charge is 2.46. The van der Waals surface area contributed by atoms with Crippen molar-refractivity contribution in [3.05, 3.63) is 0 Å². The topological polar surface area (TPSA) is 29.5 Å². The fraction of sp³-hybridized carbons (Fsp3) is 1.00. The van der Waals surface area contributed by atoms with E-state index in [-0.39, 0.29) is 17.1 Å². The molecule has 0 amide bonds. The Morgan fingerprint density at radius 3 is 2.32 bits per heavy atom. The first kappa shape index (κ1) is 13.9. The average Bonchev–Trinajstić information content (AvgIpc) is 2.87. The van der Waals surface area contributed by atoms with Crippen molar-refractivity contribution in [2.24, 2.45) is 11.3 Å². The molecular formula is C17H30O2. The summed E-state index contributed by atoms with van der Waals surface area (Å²) in [5.41, 5.74) is 0.328. The molecule has 2 saturated carbocycles. The molecule has 2 unspecified atom stereocenters. The number of hydrogen-bond donors (Lipinski definition) is 1. The SMILES string of the molecule is CC1(C(O)C2CCOC3(CCCCC3)C2)CCCC1. The van der Waals surface area contributed by atoms with Gasteiger partial charge in [0.2, 0.25) is 0 Å². The molecular weight excluding hydrogens is 236 g/mol. The van der Waals surface area contributed by atoms with Gasteiger partial charge < -0.3 is 9.84 Å². The highest BCUT2D eigenvalue weighted by molar-refractivity contribution is 4.96. The van der Waals surface area contributed by atoms with Crippen molar-refractivity contribution in [2.45, 2.75) is 89.3 Å². The van der Waals surface area contributed by atoms with Crippen molar-refractivity contribution in [3.8, 4) is 0 Å². The molecule has 0 bridgehead atoms. The maximum Gasteiger partial charge on any atom is 0.0686 e. The van der Waals surface area contributed by atoms with Crippen LogP contribution in [0.2, 0.25) is 0 Å². The minimum absolute atomic E-state index is 0.0994. The summed E-state index contributed by atoms with van der Waals surface area (Å²) in [5.74, 6) is 0.481. The van der Waals surface area contributed by atoms with Crippen LogP contribution in [0.15, 0.2) is 0 Å². The molecule has 0 aromatic heterocycles. The lowest BCUT2D eigenvalue weighted by Gasteiger charge is -2.47. The zero-order valence-electron chi connectivity index (χ0n) is 12.5. The monoisotopic (exact) mass is 266 g/mol. The second-order valence-corrected chi connectivity index (χ2v) is 7.65. The van der Waals surface area contributed by atoms with Crippen LogP contribution in [0.3, 0.4) is 0 Å². The predicted octanol–water partition coefficient (Wildman–Crippen LogP) is 4.06. The fourth-order valence-corrected chi connectivity index (χ4v) is 4.93. The van der Waals surface area contributed by atoms with Crippen molar-refractivity contribution in [1.29, 1.82) is 0 Å². The van der Waals surface area contributed by atoms with E-state index in [0.29, 0.717) is 5.92 Å². The van der Waals surface area contributed by atoms with Gasteiger partial charge in [-0.25, -0.2) is 0 Å². The Labute approximate surface area is 117 Å². The predicted molar refractivity (Wildman–Crippen MR) is 77.1 cm³/mol. The minimum atomic E-state index is -0.0994. The molecule has 3 fully saturated rings. The molecule has 1 aliphatic heterocycles. The molecule has 0 aromatic carbocycles. The number of rotatable bonds is 2. The van der Waals surface area contributed by atoms with Gasteiger partial charge in [-0.2, -0.15) is 0 Å². The second-order valence-electron chi connectivity index (χ2n) is 7.65. The van der Waals surface area contributed by atoms with E-state index in [9.17, 15) is 5.11 Å². The van der Waals surface area contributed by atoms with E-state index in [1.807, 2.05) is 0 Å². The van der Waals surface area contributed by atoms with Crippen molar-refractivity contribution in [3.63, 3.8) is 0 Å². The molecule has 1 heterocycles. The molecule has 2 atom stereocenters. The highest BCUT2D eigenvalue weighted by atomic mass is 16.5. The lowest BCUT2D eigenvalue weighted by Crippen LogP contribution is -2.47. The van der Waals surface area contributed by atoms with Crippen LogP contribution in [0.25, 0.3) is 0 Å². The van der Waals surface area contributed by atoms with Crippen LogP contribution in [-0.2, 0) is 4.74 Å². The van der Waals surface area contributed by atoms with Crippen LogP contribution in [-0.4, -0.2) is 23.4 Å². The van der Waals surface area contributed by atoms with Crippen molar-refractivity contribution >= 4 is 0 Å². The van der Waals surface area contributed by atoms with Gasteiger partial charge in [-0.1, -0.05) is 39.0 Å². The number of ether oxygens (including phenoxy) is 1. The summed E-state index contributed by atoms with van der Waals surface area (Å²) in [6.07, 6.45) is 13.6. The number of hydrogen-bond acceptors (Lipinski definition) is 2. The Bertz CT molecular complexity index is 295. The van der Waals surface area contributed by atoms with E-state index in [0.717, 1.165) is 19.4 Å². The standard InChI is InChI=1S/C17H30O2/c1-16(8-5-6-9-16)15(18)14-7-12-19-17(13-14)10-3-2-4-11-17/h14-15,18H,2-13H2,1H3. The van der Waals surface area contributed by atoms with Crippen LogP contribution in [0.1, 0.15) is 77.6 Å². The summed E-state index contributed by atoms with van der Waals surface area (Å²) >= 11 is 0. The van der Waals surface area contributed by atoms with Crippen LogP contribution < -0.4 is 0 Å². The normalized spacial score (nSPS) is 35.4. The van der Waals surface area contributed by atoms with Gasteiger partial charge in [-0.3, -0.25) is 0 Å². The molecule has 1 spiro atoms. The van der Waals surface area contributed by atoms with Gasteiger partial charge >= 0.3 is 0 Å². The molecule has 1 N–H and O–H groups in total. The molecule has 1 saturated heterocycles. The molecule has 3 rings (SSSR count). The van der Waals surface area contributed by atoms with Gasteiger partial charge in [0.1, 0.15) is 0 Å². The molecule has 3 aliphatic rings. The number of aliphatic hydroxyl groups is 1. The summed E-state index contributed by atoms with van der Waals surface area (Å²) in [5, 5.41) is 10.9. The van der Waals surface area contributed by atoms with Gasteiger partial charge in [-0.05, 0) is 49.9 Å². The summed E-state index contributed by atoms with van der Waals surface area (Å²) in [7, 11) is 0. The van der Waals surface area contributed by atoms with Crippen molar-refractivity contribution < 1.29 is 9.84 Å². The third-order valence-electron chi connectivity index (χ3n) is 6.20. The van der Waals surface area contributed by atoms with E-state index in [4.69, 9.17) is 4.74 Å². The zero-order valence-corrected chi connectivity index (χ0v) is 12.5. The summed E-state index contributed by atoms with van der Waals surface area (Å²) in [6, 6.07) is 0. The Morgan fingerprint density at radius 1 is 1.00 bits per heavy atom. The van der Waals surface area contributed by atoms with Crippen molar-refractivity contribution in [1.82, 2.24) is 0 Å². The van der Waals surface area contributed by atoms with Crippen LogP contribution in [0, 0.1) is 11.3 Å². The quantitative estimate of drug-likeness (QED) is 0.817. The van der Waals surface area contributed by atoms with Gasteiger partial charge in [0.15, 0.2) is 0 Å². The smallest absolute Gasteiger partial charge is 0.0686 e. The fourth-order valence-electron chi connectivity index (χ4n) is 4.93. The molecule has 19 heavy (non-hydrogen) atoms. The van der Waals surface area contributed by atoms with Gasteiger partial charge in [0.05, 0.1) is 11.7 Å². The summed E-state index contributed by atoms with van der Waals surface area (Å²) in [6.45, 7) is 3.19. The van der Waals surface area contributed by atoms with E-state index in [1.54, 1.807) is 0 Å². The summed E-state index contributed by atoms with van der Waals surface area (Å²) < 4.78 is 6.17. The molecule has 110 valence electrons. The average molecular weight is 266 g/mol. The molecule has 0 radical (unpaired) electrons. The highest BCUT2D eigenvalue weighted by Crippen LogP contribution is 2.48. The Kier molecular flexibility index (Phi) is 3.92. The molecule has 2 heteroatoms. The maximum atomic E-state index is 10.9. The Morgan fingerprint density at radius 2 is 1.63 bits per heavy atom. The first-order valence-electron chi connectivity index (χ1n) is 8.46. The van der Waals surface area contributed by atoms with Gasteiger partial charge in [-0.15, -0.1) is 0 Å². The van der Waals surface area contributed by atoms with Crippen LogP contribution in [0.4, 0.5) is 0 Å². The lowest BCUT2D eigenvalue weighted by molar-refractivity contribution is -0.147. The second kappa shape index (κ2) is 5.37. The first-order valence-corrected chi connectivity index (χ1v) is 8.46. The van der Waals surface area contributed by atoms with Crippen LogP contribution >= 0.6 is 0 Å². The zero-order chi connectivity index (χ0) is 13.3. The molecule has 2 nitrogen and oxygen atoms in total. The van der Waals surface area contributed by atoms with Gasteiger partial charge in [0.25, 0.3) is 0 Å². The Balaban J connectivity index is 1.67. The number of aliphatic hydroxyl groups excluding tert-OH is 1. The van der Waals surface area contributed by atoms with Crippen molar-refractivity contribution in [2.75, 3.05) is 6.61 Å². The largest absolute Gasteiger partial charge is 0.392 e. The third-order valence-corrected chi connectivity index (χ3v) is 6.20. The van der Waals surface area contributed by atoms with E-state index in [1.165, 1.54) is 57.8 Å². The lowest BCUT2D eigenvalue weighted by atomic mass is 9.68. The molecule has 0 aromatic rings.